The molecule has 6 nitrogen and oxygen atoms in total. The van der Waals surface area contributed by atoms with Gasteiger partial charge in [-0.3, -0.25) is 19.1 Å². The van der Waals surface area contributed by atoms with Gasteiger partial charge in [0.15, 0.2) is 7.91 Å². The Bertz CT molecular complexity index is 1960. The van der Waals surface area contributed by atoms with Crippen LogP contribution in [0, 0.1) is 7.91 Å². The maximum absolute atomic E-state index is 11.0. The summed E-state index contributed by atoms with van der Waals surface area (Å²) < 4.78 is 4.67. The normalized spacial score (nSPS) is 15.1. The van der Waals surface area contributed by atoms with E-state index in [1.165, 1.54) is 22.7 Å². The van der Waals surface area contributed by atoms with Crippen LogP contribution in [0.5, 0.6) is 11.8 Å². The number of aliphatic imine (C=N–C) groups is 2. The van der Waals surface area contributed by atoms with Crippen LogP contribution in [0.3, 0.4) is 0 Å². The molecule has 0 radical (unpaired) electrons. The highest BCUT2D eigenvalue weighted by atomic mass is 32.2. The van der Waals surface area contributed by atoms with E-state index in [1.54, 1.807) is 9.13 Å². The fourth-order valence-corrected chi connectivity index (χ4v) is 7.52. The van der Waals surface area contributed by atoms with Crippen molar-refractivity contribution in [1.29, 1.82) is 0 Å². The van der Waals surface area contributed by atoms with Crippen molar-refractivity contribution in [3.63, 3.8) is 0 Å². The molecule has 0 atom stereocenters. The summed E-state index contributed by atoms with van der Waals surface area (Å²) in [7, 11) is 0. The third kappa shape index (κ3) is 4.92. The van der Waals surface area contributed by atoms with Crippen LogP contribution in [0.15, 0.2) is 82.8 Å². The lowest BCUT2D eigenvalue weighted by atomic mass is 10.1. The summed E-state index contributed by atoms with van der Waals surface area (Å²) in [5, 5.41) is 22.0. The van der Waals surface area contributed by atoms with E-state index in [9.17, 15) is 10.2 Å². The molecule has 10 heteroatoms. The Hall–Kier alpha value is -4.22. The zero-order chi connectivity index (χ0) is 28.8. The highest BCUT2D eigenvalue weighted by molar-refractivity contribution is 7.73. The van der Waals surface area contributed by atoms with Crippen LogP contribution in [0.2, 0.25) is 0 Å². The Morgan fingerprint density at radius 1 is 0.619 bits per heavy atom. The summed E-state index contributed by atoms with van der Waals surface area (Å²) in [5.41, 5.74) is 7.81. The summed E-state index contributed by atoms with van der Waals surface area (Å²) in [5.74, 6) is 0.288. The molecule has 0 spiro atoms. The number of fused-ring (bicyclic) bond motifs is 2. The van der Waals surface area contributed by atoms with Crippen LogP contribution >= 0.6 is 47.1 Å². The van der Waals surface area contributed by atoms with Gasteiger partial charge in [-0.15, -0.1) is 22.7 Å². The minimum atomic E-state index is 0.144. The van der Waals surface area contributed by atoms with E-state index in [0.29, 0.717) is 30.8 Å². The van der Waals surface area contributed by atoms with Crippen LogP contribution in [-0.4, -0.2) is 31.8 Å². The smallest absolute Gasteiger partial charge is 0.210 e. The van der Waals surface area contributed by atoms with E-state index in [2.05, 4.69) is 9.98 Å². The number of nitrogens with zero attached hydrogens (tertiary/aromatic N) is 4. The molecule has 206 valence electrons. The Balaban J connectivity index is 1.09. The van der Waals surface area contributed by atoms with Gasteiger partial charge in [0.1, 0.15) is 0 Å². The van der Waals surface area contributed by atoms with Gasteiger partial charge < -0.3 is 10.2 Å². The van der Waals surface area contributed by atoms with Gasteiger partial charge in [-0.05, 0) is 59.8 Å². The zero-order valence-electron chi connectivity index (χ0n) is 22.0. The molecular weight excluding hydrogens is 601 g/mol. The Morgan fingerprint density at radius 2 is 1.02 bits per heavy atom. The predicted molar refractivity (Wildman–Crippen MR) is 179 cm³/mol. The van der Waals surface area contributed by atoms with Crippen molar-refractivity contribution < 1.29 is 10.2 Å². The van der Waals surface area contributed by atoms with Crippen LogP contribution in [-0.2, 0) is 13.1 Å². The first-order valence-corrected chi connectivity index (χ1v) is 15.5. The molecule has 7 rings (SSSR count). The van der Waals surface area contributed by atoms with Gasteiger partial charge in [0.05, 0.1) is 34.2 Å². The number of benzene rings is 3. The standard InChI is InChI=1S/C32H22N4O2S4/c37-29-27(13-21-15-33-25-7-3-1-5-23(21)25)41-31(39)35(29)17-19-9-11-20(12-10-19)18-36-30(38)28(42-32(36)40)14-22-16-34-26-8-4-2-6-24(22)26/h1-16,37-38H,17-18H2/b21-13-,22-14-. The molecule has 2 N–H and O–H groups in total. The molecule has 5 aromatic rings. The van der Waals surface area contributed by atoms with Crippen molar-refractivity contribution in [3.05, 3.63) is 113 Å². The average Bonchev–Trinajstić information content (AvgIpc) is 3.74. The highest BCUT2D eigenvalue weighted by Gasteiger charge is 2.17. The number of aromatic hydroxyl groups is 2. The first kappa shape index (κ1) is 26.7. The minimum Gasteiger partial charge on any atom is -0.493 e. The number of allylic oxidation sites excluding steroid dienone is 2. The Labute approximate surface area is 259 Å². The number of hydrogen-bond acceptors (Lipinski definition) is 8. The van der Waals surface area contributed by atoms with Gasteiger partial charge >= 0.3 is 0 Å². The minimum absolute atomic E-state index is 0.144. The highest BCUT2D eigenvalue weighted by Crippen LogP contribution is 2.37. The monoisotopic (exact) mass is 622 g/mol. The SMILES string of the molecule is Oc1c(/C=C2/C=Nc3ccccc32)sc(=S)n1Cc1ccc(Cn2c(O)c(/C=C3/C=Nc4ccccc43)sc2=S)cc1. The predicted octanol–water partition coefficient (Wildman–Crippen LogP) is 8.89. The molecule has 0 saturated carbocycles. The maximum atomic E-state index is 11.0. The van der Waals surface area contributed by atoms with Crippen LogP contribution in [0.25, 0.3) is 23.3 Å². The van der Waals surface area contributed by atoms with E-state index in [4.69, 9.17) is 24.4 Å². The van der Waals surface area contributed by atoms with Crippen molar-refractivity contribution >= 4 is 94.2 Å². The van der Waals surface area contributed by atoms with Gasteiger partial charge in [0.2, 0.25) is 11.8 Å². The van der Waals surface area contributed by atoms with Gasteiger partial charge in [-0.1, -0.05) is 60.7 Å². The summed E-state index contributed by atoms with van der Waals surface area (Å²) in [6.45, 7) is 0.887. The van der Waals surface area contributed by atoms with Gasteiger partial charge in [-0.2, -0.15) is 0 Å². The Morgan fingerprint density at radius 3 is 1.45 bits per heavy atom. The van der Waals surface area contributed by atoms with Crippen LogP contribution in [0.1, 0.15) is 32.0 Å². The summed E-state index contributed by atoms with van der Waals surface area (Å²) in [4.78, 5) is 10.3. The summed E-state index contributed by atoms with van der Waals surface area (Å²) >= 11 is 13.9. The fourth-order valence-electron chi connectivity index (χ4n) is 5.00. The molecule has 0 bridgehead atoms. The molecule has 0 fully saturated rings. The van der Waals surface area contributed by atoms with Gasteiger partial charge in [0, 0.05) is 34.7 Å². The molecule has 0 unspecified atom stereocenters. The van der Waals surface area contributed by atoms with Crippen molar-refractivity contribution in [2.24, 2.45) is 9.98 Å². The van der Waals surface area contributed by atoms with Crippen LogP contribution in [0.4, 0.5) is 11.4 Å². The molecule has 0 aliphatic carbocycles. The molecule has 2 aromatic heterocycles. The van der Waals surface area contributed by atoms with E-state index in [-0.39, 0.29) is 11.8 Å². The zero-order valence-corrected chi connectivity index (χ0v) is 25.2. The molecule has 0 amide bonds. The van der Waals surface area contributed by atoms with Crippen molar-refractivity contribution in [2.75, 3.05) is 0 Å². The molecular formula is C32H22N4O2S4. The van der Waals surface area contributed by atoms with E-state index in [1.807, 2.05) is 97.4 Å². The lowest BCUT2D eigenvalue weighted by Gasteiger charge is -2.08. The van der Waals surface area contributed by atoms with Gasteiger partial charge in [0.25, 0.3) is 0 Å². The first-order valence-electron chi connectivity index (χ1n) is 13.1. The molecule has 2 aliphatic heterocycles. The largest absolute Gasteiger partial charge is 0.493 e. The quantitative estimate of drug-likeness (QED) is 0.186. The lowest BCUT2D eigenvalue weighted by Crippen LogP contribution is -2.01. The number of aromatic nitrogens is 2. The van der Waals surface area contributed by atoms with E-state index < -0.39 is 0 Å². The second kappa shape index (κ2) is 10.9. The third-order valence-electron chi connectivity index (χ3n) is 7.18. The number of rotatable bonds is 6. The van der Waals surface area contributed by atoms with Crippen molar-refractivity contribution in [2.45, 2.75) is 13.1 Å². The summed E-state index contributed by atoms with van der Waals surface area (Å²) in [6.07, 6.45) is 7.50. The average molecular weight is 623 g/mol. The second-order valence-electron chi connectivity index (χ2n) is 9.85. The topological polar surface area (TPSA) is 75.0 Å². The van der Waals surface area contributed by atoms with Crippen molar-refractivity contribution in [1.82, 2.24) is 9.13 Å². The fraction of sp³-hybridized carbons (Fsp3) is 0.0625. The molecule has 42 heavy (non-hydrogen) atoms. The second-order valence-corrected chi connectivity index (χ2v) is 13.2. The van der Waals surface area contributed by atoms with Gasteiger partial charge in [-0.25, -0.2) is 0 Å². The number of para-hydroxylation sites is 2. The molecule has 2 aliphatic rings. The van der Waals surface area contributed by atoms with E-state index >= 15 is 0 Å². The lowest BCUT2D eigenvalue weighted by molar-refractivity contribution is 0.421. The third-order valence-corrected chi connectivity index (χ3v) is 9.95. The molecule has 0 saturated heterocycles. The molecule has 3 aromatic carbocycles. The maximum Gasteiger partial charge on any atom is 0.210 e. The van der Waals surface area contributed by atoms with Crippen molar-refractivity contribution in [3.8, 4) is 11.8 Å². The molecule has 4 heterocycles. The Kier molecular flexibility index (Phi) is 6.91. The number of thiazole rings is 2. The first-order chi connectivity index (χ1) is 20.4. The number of hydrogen-bond donors (Lipinski definition) is 2. The van der Waals surface area contributed by atoms with E-state index in [0.717, 1.165) is 44.8 Å². The summed E-state index contributed by atoms with van der Waals surface area (Å²) in [6, 6.07) is 23.9. The van der Waals surface area contributed by atoms with Crippen LogP contribution < -0.4 is 0 Å².